The van der Waals surface area contributed by atoms with E-state index in [2.05, 4.69) is 44.0 Å². The van der Waals surface area contributed by atoms with Crippen LogP contribution >= 0.6 is 0 Å². The Morgan fingerprint density at radius 3 is 2.80 bits per heavy atom. The van der Waals surface area contributed by atoms with E-state index in [-0.39, 0.29) is 0 Å². The van der Waals surface area contributed by atoms with Gasteiger partial charge < -0.3 is 0 Å². The zero-order valence-electron chi connectivity index (χ0n) is 9.83. The van der Waals surface area contributed by atoms with E-state index < -0.39 is 0 Å². The molecule has 15 heavy (non-hydrogen) atoms. The lowest BCUT2D eigenvalue weighted by Crippen LogP contribution is -1.88. The highest BCUT2D eigenvalue weighted by Gasteiger charge is 2.00. The van der Waals surface area contributed by atoms with Crippen LogP contribution in [0.1, 0.15) is 33.6 Å². The third-order valence-corrected chi connectivity index (χ3v) is 2.37. The van der Waals surface area contributed by atoms with E-state index in [1.165, 1.54) is 17.6 Å². The van der Waals surface area contributed by atoms with Crippen molar-refractivity contribution in [1.82, 2.24) is 0 Å². The Labute approximate surface area is 92.6 Å². The van der Waals surface area contributed by atoms with Crippen molar-refractivity contribution in [2.24, 2.45) is 4.99 Å². The quantitative estimate of drug-likeness (QED) is 0.648. The maximum Gasteiger partial charge on any atom is 0.0447 e. The molecule has 80 valence electrons. The Morgan fingerprint density at radius 2 is 2.07 bits per heavy atom. The molecule has 0 saturated heterocycles. The summed E-state index contributed by atoms with van der Waals surface area (Å²) >= 11 is 0. The first-order valence-corrected chi connectivity index (χ1v) is 5.51. The molecule has 0 radical (unpaired) electrons. The zero-order chi connectivity index (χ0) is 11.1. The van der Waals surface area contributed by atoms with E-state index in [0.717, 1.165) is 12.1 Å². The molecule has 0 N–H and O–H groups in total. The van der Waals surface area contributed by atoms with Crippen LogP contribution < -0.4 is 0 Å². The van der Waals surface area contributed by atoms with Crippen molar-refractivity contribution in [3.63, 3.8) is 0 Å². The average molecular weight is 201 g/mol. The maximum absolute atomic E-state index is 4.37. The molecule has 1 nitrogen and oxygen atoms in total. The van der Waals surface area contributed by atoms with Crippen molar-refractivity contribution in [3.05, 3.63) is 47.2 Å². The molecule has 0 amide bonds. The molecule has 0 aliphatic carbocycles. The molecule has 1 aliphatic heterocycles. The van der Waals surface area contributed by atoms with Crippen molar-refractivity contribution in [2.45, 2.75) is 33.6 Å². The molecule has 1 heterocycles. The third-order valence-electron chi connectivity index (χ3n) is 2.37. The van der Waals surface area contributed by atoms with Crippen molar-refractivity contribution in [2.75, 3.05) is 0 Å². The molecular formula is C14H19N. The number of aliphatic imine (C=N–C) groups is 1. The smallest absolute Gasteiger partial charge is 0.0447 e. The summed E-state index contributed by atoms with van der Waals surface area (Å²) in [6, 6.07) is 0. The molecule has 0 aromatic carbocycles. The molecule has 1 aliphatic rings. The molecule has 1 heteroatoms. The van der Waals surface area contributed by atoms with Gasteiger partial charge in [0.2, 0.25) is 0 Å². The van der Waals surface area contributed by atoms with Crippen molar-refractivity contribution >= 4 is 6.21 Å². The summed E-state index contributed by atoms with van der Waals surface area (Å²) in [5.74, 6) is 0. The highest BCUT2D eigenvalue weighted by Crippen LogP contribution is 2.18. The van der Waals surface area contributed by atoms with Gasteiger partial charge in [0.15, 0.2) is 0 Å². The maximum atomic E-state index is 4.37. The van der Waals surface area contributed by atoms with E-state index in [1.807, 2.05) is 18.4 Å². The van der Waals surface area contributed by atoms with Crippen LogP contribution in [0.25, 0.3) is 0 Å². The van der Waals surface area contributed by atoms with Crippen LogP contribution in [-0.2, 0) is 0 Å². The monoisotopic (exact) mass is 201 g/mol. The fourth-order valence-electron chi connectivity index (χ4n) is 1.47. The number of rotatable bonds is 3. The van der Waals surface area contributed by atoms with Gasteiger partial charge in [0, 0.05) is 11.9 Å². The molecule has 1 rings (SSSR count). The summed E-state index contributed by atoms with van der Waals surface area (Å²) < 4.78 is 0. The van der Waals surface area contributed by atoms with Crippen LogP contribution in [0.4, 0.5) is 0 Å². The Bertz CT molecular complexity index is 352. The molecule has 0 bridgehead atoms. The van der Waals surface area contributed by atoms with Crippen molar-refractivity contribution in [3.8, 4) is 0 Å². The first-order chi connectivity index (χ1) is 7.25. The Kier molecular flexibility index (Phi) is 4.82. The Morgan fingerprint density at radius 1 is 1.27 bits per heavy atom. The van der Waals surface area contributed by atoms with E-state index in [0.29, 0.717) is 0 Å². The van der Waals surface area contributed by atoms with Crippen molar-refractivity contribution < 1.29 is 0 Å². The Hall–Kier alpha value is -1.37. The van der Waals surface area contributed by atoms with Crippen LogP contribution in [-0.4, -0.2) is 6.21 Å². The minimum Gasteiger partial charge on any atom is -0.261 e. The number of hydrogen-bond acceptors (Lipinski definition) is 1. The molecule has 0 atom stereocenters. The molecule has 0 fully saturated rings. The predicted molar refractivity (Wildman–Crippen MR) is 68.1 cm³/mol. The number of nitrogens with zero attached hydrogens (tertiary/aromatic N) is 1. The topological polar surface area (TPSA) is 12.4 Å². The summed E-state index contributed by atoms with van der Waals surface area (Å²) in [5, 5.41) is 0. The minimum absolute atomic E-state index is 1.08. The van der Waals surface area contributed by atoms with Crippen LogP contribution in [0.5, 0.6) is 0 Å². The van der Waals surface area contributed by atoms with Gasteiger partial charge in [0.1, 0.15) is 0 Å². The number of unbranched alkanes of at least 4 members (excludes halogenated alkanes) is 1. The van der Waals surface area contributed by atoms with Gasteiger partial charge in [0.25, 0.3) is 0 Å². The largest absolute Gasteiger partial charge is 0.261 e. The second kappa shape index (κ2) is 6.18. The standard InChI is InChI=1S/C14H19N/c1-4-5-6-10-14-12(2)9-7-8-11-15-13(14)3/h6-11H,4-5H2,1-3H3/b8-7+,9-7?,10-6-,11-8?,12-9+,14-12?,14-13-,15-11-,15-13?. The van der Waals surface area contributed by atoms with E-state index in [9.17, 15) is 0 Å². The molecular weight excluding hydrogens is 182 g/mol. The second-order valence-corrected chi connectivity index (χ2v) is 3.70. The predicted octanol–water partition coefficient (Wildman–Crippen LogP) is 4.20. The Balaban J connectivity index is 2.93. The van der Waals surface area contributed by atoms with Crippen LogP contribution in [0.3, 0.4) is 0 Å². The van der Waals surface area contributed by atoms with E-state index in [1.54, 1.807) is 0 Å². The van der Waals surface area contributed by atoms with E-state index in [4.69, 9.17) is 0 Å². The number of allylic oxidation sites excluding steroid dienone is 8. The lowest BCUT2D eigenvalue weighted by Gasteiger charge is -2.06. The molecule has 0 aromatic heterocycles. The summed E-state index contributed by atoms with van der Waals surface area (Å²) in [6.45, 7) is 6.37. The van der Waals surface area contributed by atoms with Crippen molar-refractivity contribution in [1.29, 1.82) is 0 Å². The van der Waals surface area contributed by atoms with Gasteiger partial charge in [-0.3, -0.25) is 4.99 Å². The highest BCUT2D eigenvalue weighted by atomic mass is 14.7. The van der Waals surface area contributed by atoms with E-state index >= 15 is 0 Å². The highest BCUT2D eigenvalue weighted by molar-refractivity contribution is 5.73. The van der Waals surface area contributed by atoms with Gasteiger partial charge >= 0.3 is 0 Å². The first-order valence-electron chi connectivity index (χ1n) is 5.51. The fourth-order valence-corrected chi connectivity index (χ4v) is 1.47. The van der Waals surface area contributed by atoms with Gasteiger partial charge in [-0.05, 0) is 37.5 Å². The van der Waals surface area contributed by atoms with Gasteiger partial charge in [-0.15, -0.1) is 0 Å². The first kappa shape index (κ1) is 11.7. The zero-order valence-corrected chi connectivity index (χ0v) is 9.83. The van der Waals surface area contributed by atoms with Crippen LogP contribution in [0.15, 0.2) is 52.2 Å². The summed E-state index contributed by atoms with van der Waals surface area (Å²) in [7, 11) is 0. The molecule has 0 aromatic rings. The van der Waals surface area contributed by atoms with Gasteiger partial charge in [-0.2, -0.15) is 0 Å². The second-order valence-electron chi connectivity index (χ2n) is 3.70. The summed E-state index contributed by atoms with van der Waals surface area (Å²) in [4.78, 5) is 4.37. The van der Waals surface area contributed by atoms with Crippen LogP contribution in [0, 0.1) is 0 Å². The fraction of sp³-hybridized carbons (Fsp3) is 0.357. The molecule has 0 spiro atoms. The normalized spacial score (nSPS) is 29.4. The SMILES string of the molecule is CCC\C=C/C1=C(C)/N=C\C=C\C=C\1C. The van der Waals surface area contributed by atoms with Crippen LogP contribution in [0.2, 0.25) is 0 Å². The molecule has 0 saturated carbocycles. The average Bonchev–Trinajstić information content (AvgIpc) is 2.21. The lowest BCUT2D eigenvalue weighted by atomic mass is 10.0. The molecule has 0 unspecified atom stereocenters. The third kappa shape index (κ3) is 3.70. The van der Waals surface area contributed by atoms with Gasteiger partial charge in [0.05, 0.1) is 0 Å². The number of hydrogen-bond donors (Lipinski definition) is 0. The minimum atomic E-state index is 1.08. The summed E-state index contributed by atoms with van der Waals surface area (Å²) in [6.07, 6.45) is 14.7. The van der Waals surface area contributed by atoms with Gasteiger partial charge in [-0.25, -0.2) is 0 Å². The van der Waals surface area contributed by atoms with Gasteiger partial charge in [-0.1, -0.05) is 37.6 Å². The summed E-state index contributed by atoms with van der Waals surface area (Å²) in [5.41, 5.74) is 3.59. The lowest BCUT2D eigenvalue weighted by molar-refractivity contribution is 0.957.